The van der Waals surface area contributed by atoms with Crippen LogP contribution in [0.25, 0.3) is 0 Å². The molecule has 2 aromatic rings. The fraction of sp³-hybridized carbons (Fsp3) is 0.550. The van der Waals surface area contributed by atoms with Crippen molar-refractivity contribution in [2.75, 3.05) is 44.2 Å². The summed E-state index contributed by atoms with van der Waals surface area (Å²) in [7, 11) is 1.88. The molecule has 0 radical (unpaired) electrons. The first-order chi connectivity index (χ1) is 13.5. The van der Waals surface area contributed by atoms with E-state index in [1.807, 2.05) is 18.5 Å². The molecule has 1 unspecified atom stereocenters. The number of hydrogen-bond donors (Lipinski definition) is 1. The molecule has 0 aliphatic carbocycles. The van der Waals surface area contributed by atoms with E-state index >= 15 is 0 Å². The lowest BCUT2D eigenvalue weighted by Gasteiger charge is -2.36. The number of piperazine rings is 1. The van der Waals surface area contributed by atoms with Gasteiger partial charge in [0.15, 0.2) is 5.16 Å². The largest absolute Gasteiger partial charge is 0.369 e. The van der Waals surface area contributed by atoms with Gasteiger partial charge in [0, 0.05) is 45.5 Å². The lowest BCUT2D eigenvalue weighted by Crippen LogP contribution is -2.47. The first-order valence-electron chi connectivity index (χ1n) is 9.85. The molecule has 1 aromatic carbocycles. The number of nitrogens with zero attached hydrogens (tertiary/aromatic N) is 5. The summed E-state index contributed by atoms with van der Waals surface area (Å²) in [5.74, 6) is 0.0530. The Bertz CT molecular complexity index is 772. The average molecular weight is 403 g/mol. The summed E-state index contributed by atoms with van der Waals surface area (Å²) in [5.41, 5.74) is 2.63. The normalized spacial score (nSPS) is 16.2. The smallest absolute Gasteiger partial charge is 0.233 e. The molecule has 3 rings (SSSR count). The zero-order valence-corrected chi connectivity index (χ0v) is 17.8. The van der Waals surface area contributed by atoms with E-state index < -0.39 is 0 Å². The Morgan fingerprint density at radius 3 is 2.75 bits per heavy atom. The van der Waals surface area contributed by atoms with Crippen LogP contribution >= 0.6 is 11.8 Å². The van der Waals surface area contributed by atoms with Crippen LogP contribution < -0.4 is 10.2 Å². The Balaban J connectivity index is 1.31. The Morgan fingerprint density at radius 2 is 2.07 bits per heavy atom. The number of amides is 1. The number of aromatic nitrogens is 3. The van der Waals surface area contributed by atoms with Crippen LogP contribution in [-0.2, 0) is 11.8 Å². The number of benzene rings is 1. The maximum absolute atomic E-state index is 12.2. The van der Waals surface area contributed by atoms with Gasteiger partial charge < -0.3 is 14.8 Å². The summed E-state index contributed by atoms with van der Waals surface area (Å²) in [6.45, 7) is 10.0. The molecule has 152 valence electrons. The Kier molecular flexibility index (Phi) is 7.33. The van der Waals surface area contributed by atoms with Crippen molar-refractivity contribution in [1.29, 1.82) is 0 Å². The first kappa shape index (κ1) is 20.7. The molecule has 0 saturated carbocycles. The number of hydrogen-bond acceptors (Lipinski definition) is 6. The fourth-order valence-electron chi connectivity index (χ4n) is 3.30. The van der Waals surface area contributed by atoms with Crippen molar-refractivity contribution < 1.29 is 4.79 Å². The second-order valence-corrected chi connectivity index (χ2v) is 8.60. The van der Waals surface area contributed by atoms with Crippen molar-refractivity contribution in [3.05, 3.63) is 36.2 Å². The summed E-state index contributed by atoms with van der Waals surface area (Å²) in [4.78, 5) is 17.2. The minimum Gasteiger partial charge on any atom is -0.369 e. The van der Waals surface area contributed by atoms with Crippen LogP contribution in [-0.4, -0.2) is 70.1 Å². The van der Waals surface area contributed by atoms with Crippen LogP contribution in [0.15, 0.2) is 35.7 Å². The molecule has 1 N–H and O–H groups in total. The number of thioether (sulfide) groups is 1. The maximum atomic E-state index is 12.2. The van der Waals surface area contributed by atoms with Crippen LogP contribution in [0, 0.1) is 6.92 Å². The molecule has 2 heterocycles. The van der Waals surface area contributed by atoms with E-state index in [9.17, 15) is 4.79 Å². The van der Waals surface area contributed by atoms with Gasteiger partial charge in [-0.25, -0.2) is 0 Å². The van der Waals surface area contributed by atoms with Crippen LogP contribution in [0.1, 0.15) is 18.9 Å². The van der Waals surface area contributed by atoms with Crippen LogP contribution in [0.5, 0.6) is 0 Å². The van der Waals surface area contributed by atoms with Gasteiger partial charge in [-0.05, 0) is 44.5 Å². The zero-order chi connectivity index (χ0) is 19.9. The van der Waals surface area contributed by atoms with Crippen LogP contribution in [0.2, 0.25) is 0 Å². The van der Waals surface area contributed by atoms with E-state index in [-0.39, 0.29) is 11.2 Å². The van der Waals surface area contributed by atoms with Gasteiger partial charge in [0.1, 0.15) is 6.33 Å². The predicted molar refractivity (Wildman–Crippen MR) is 114 cm³/mol. The molecule has 1 fully saturated rings. The molecule has 1 aromatic heterocycles. The lowest BCUT2D eigenvalue weighted by atomic mass is 10.2. The Morgan fingerprint density at radius 1 is 1.29 bits per heavy atom. The van der Waals surface area contributed by atoms with Gasteiger partial charge in [0.25, 0.3) is 0 Å². The minimum atomic E-state index is -0.180. The maximum Gasteiger partial charge on any atom is 0.233 e. The molecule has 1 amide bonds. The molecule has 8 heteroatoms. The second kappa shape index (κ2) is 9.93. The van der Waals surface area contributed by atoms with Gasteiger partial charge in [-0.3, -0.25) is 9.69 Å². The van der Waals surface area contributed by atoms with Crippen molar-refractivity contribution in [2.45, 2.75) is 30.7 Å². The Hall–Kier alpha value is -2.06. The second-order valence-electron chi connectivity index (χ2n) is 7.30. The average Bonchev–Trinajstić information content (AvgIpc) is 3.10. The SMILES string of the molecule is Cc1cccc(N2CCN(CCCNC(=O)C(C)Sc3nncn3C)CC2)c1. The molecule has 1 aliphatic rings. The first-order valence-corrected chi connectivity index (χ1v) is 10.7. The van der Waals surface area contributed by atoms with Crippen molar-refractivity contribution in [1.82, 2.24) is 25.0 Å². The van der Waals surface area contributed by atoms with Crippen LogP contribution in [0.3, 0.4) is 0 Å². The fourth-order valence-corrected chi connectivity index (χ4v) is 4.12. The number of nitrogens with one attached hydrogen (secondary N) is 1. The molecule has 1 aliphatic heterocycles. The number of carbonyl (C=O) groups excluding carboxylic acids is 1. The number of rotatable bonds is 8. The quantitative estimate of drug-likeness (QED) is 0.538. The van der Waals surface area contributed by atoms with Crippen molar-refractivity contribution in [3.8, 4) is 0 Å². The van der Waals surface area contributed by atoms with E-state index in [0.717, 1.165) is 44.3 Å². The van der Waals surface area contributed by atoms with Crippen molar-refractivity contribution in [3.63, 3.8) is 0 Å². The van der Waals surface area contributed by atoms with Crippen molar-refractivity contribution >= 4 is 23.4 Å². The number of aryl methyl sites for hydroxylation is 2. The van der Waals surface area contributed by atoms with E-state index in [1.165, 1.54) is 23.0 Å². The number of carbonyl (C=O) groups is 1. The third kappa shape index (κ3) is 5.72. The third-order valence-corrected chi connectivity index (χ3v) is 6.16. The molecule has 28 heavy (non-hydrogen) atoms. The van der Waals surface area contributed by atoms with E-state index in [0.29, 0.717) is 6.54 Å². The molecule has 7 nitrogen and oxygen atoms in total. The highest BCUT2D eigenvalue weighted by Gasteiger charge is 2.18. The van der Waals surface area contributed by atoms with Gasteiger partial charge in [-0.2, -0.15) is 0 Å². The molecular weight excluding hydrogens is 372 g/mol. The summed E-state index contributed by atoms with van der Waals surface area (Å²) in [5, 5.41) is 11.5. The summed E-state index contributed by atoms with van der Waals surface area (Å²) < 4.78 is 1.82. The molecule has 1 saturated heterocycles. The van der Waals surface area contributed by atoms with Gasteiger partial charge in [-0.15, -0.1) is 10.2 Å². The summed E-state index contributed by atoms with van der Waals surface area (Å²) >= 11 is 1.43. The van der Waals surface area contributed by atoms with Crippen LogP contribution in [0.4, 0.5) is 5.69 Å². The molecule has 0 bridgehead atoms. The highest BCUT2D eigenvalue weighted by atomic mass is 32.2. The predicted octanol–water partition coefficient (Wildman–Crippen LogP) is 1.93. The summed E-state index contributed by atoms with van der Waals surface area (Å²) in [6.07, 6.45) is 2.61. The third-order valence-electron chi connectivity index (χ3n) is 5.01. The summed E-state index contributed by atoms with van der Waals surface area (Å²) in [6, 6.07) is 8.72. The van der Waals surface area contributed by atoms with E-state index in [4.69, 9.17) is 0 Å². The van der Waals surface area contributed by atoms with E-state index in [1.54, 1.807) is 6.33 Å². The molecule has 0 spiro atoms. The Labute approximate surface area is 171 Å². The standard InChI is InChI=1S/C20H30N6OS/c1-16-6-4-7-18(14-16)26-12-10-25(11-13-26)9-5-8-21-19(27)17(2)28-20-23-22-15-24(20)3/h4,6-7,14-15,17H,5,8-13H2,1-3H3,(H,21,27). The van der Waals surface area contributed by atoms with Gasteiger partial charge in [0.2, 0.25) is 5.91 Å². The number of anilines is 1. The van der Waals surface area contributed by atoms with Gasteiger partial charge in [0.05, 0.1) is 5.25 Å². The zero-order valence-electron chi connectivity index (χ0n) is 17.0. The highest BCUT2D eigenvalue weighted by Crippen LogP contribution is 2.20. The van der Waals surface area contributed by atoms with Gasteiger partial charge in [-0.1, -0.05) is 23.9 Å². The monoisotopic (exact) mass is 402 g/mol. The lowest BCUT2D eigenvalue weighted by molar-refractivity contribution is -0.120. The van der Waals surface area contributed by atoms with Crippen molar-refractivity contribution in [2.24, 2.45) is 7.05 Å². The topological polar surface area (TPSA) is 66.3 Å². The van der Waals surface area contributed by atoms with Gasteiger partial charge >= 0.3 is 0 Å². The molecular formula is C20H30N6OS. The van der Waals surface area contributed by atoms with E-state index in [2.05, 4.69) is 56.5 Å². The highest BCUT2D eigenvalue weighted by molar-refractivity contribution is 8.00. The minimum absolute atomic E-state index is 0.0530. The molecule has 1 atom stereocenters.